The Labute approximate surface area is 390 Å². The number of oxazole rings is 1. The number of hydrogen-bond acceptors (Lipinski definition) is 11. The number of alkyl halides is 12. The van der Waals surface area contributed by atoms with Crippen LogP contribution in [0.25, 0.3) is 77.2 Å². The molecule has 0 amide bonds. The minimum Gasteiger partial charge on any atom is -0.432 e. The van der Waals surface area contributed by atoms with Gasteiger partial charge in [-0.2, -0.15) is 89.2 Å². The first-order valence-electron chi connectivity index (χ1n) is 19.3. The van der Waals surface area contributed by atoms with Gasteiger partial charge in [0, 0.05) is 5.22 Å². The molecule has 0 aliphatic carbocycles. The average Bonchev–Trinajstić information content (AvgIpc) is 4.03. The summed E-state index contributed by atoms with van der Waals surface area (Å²) >= 11 is 0.792. The highest BCUT2D eigenvalue weighted by atomic mass is 32.1. The van der Waals surface area contributed by atoms with Crippen LogP contribution in [0.3, 0.4) is 0 Å². The summed E-state index contributed by atoms with van der Waals surface area (Å²) in [5, 5.41) is 59.0. The fourth-order valence-electron chi connectivity index (χ4n) is 7.35. The molecule has 0 saturated heterocycles. The Hall–Kier alpha value is -9.42. The molecule has 0 fully saturated rings. The van der Waals surface area contributed by atoms with E-state index in [0.29, 0.717) is 24.3 Å². The van der Waals surface area contributed by atoms with E-state index in [-0.39, 0.29) is 87.7 Å². The summed E-state index contributed by atoms with van der Waals surface area (Å²) in [6.07, 6.45) is -21.0. The zero-order valence-corrected chi connectivity index (χ0v) is 35.2. The second-order valence-corrected chi connectivity index (χ2v) is 16.0. The lowest BCUT2D eigenvalue weighted by Crippen LogP contribution is -2.11. The van der Waals surface area contributed by atoms with E-state index in [9.17, 15) is 84.3 Å². The number of nitriles is 6. The number of nitrogens with zero attached hydrogens (tertiary/aromatic N) is 8. The molecule has 0 saturated carbocycles. The number of benzene rings is 5. The number of thiazole rings is 1. The molecule has 23 heteroatoms. The summed E-state index contributed by atoms with van der Waals surface area (Å²) < 4.78 is 179. The SMILES string of the molecule is N#CC(C#N)=c1nc2o/c(=c3\nc4cc(-c5cc(C#N)cc(-c6cc(C(F)(F)F)cc(C(F)(F)F)c6)c5)c(=C(C#N)C#N)cc4s3)c(-c3cc(C#N)cc(-c4cc(C(F)(F)F)cc(C(F)(F)F)c4)c3)c2o1. The van der Waals surface area contributed by atoms with Gasteiger partial charge in [-0.05, 0) is 124 Å². The highest BCUT2D eigenvalue weighted by Gasteiger charge is 2.39. The van der Waals surface area contributed by atoms with Crippen LogP contribution in [0.4, 0.5) is 52.7 Å². The maximum atomic E-state index is 14.0. The number of halogens is 12. The molecule has 5 aromatic carbocycles. The Bertz CT molecular complexity index is 4000. The molecule has 71 heavy (non-hydrogen) atoms. The topological polar surface area (TPSA) is 195 Å². The third-order valence-corrected chi connectivity index (χ3v) is 11.5. The number of rotatable bonds is 4. The predicted octanol–water partition coefficient (Wildman–Crippen LogP) is 12.2. The summed E-state index contributed by atoms with van der Waals surface area (Å²) in [7, 11) is 0. The molecule has 3 heterocycles. The van der Waals surface area contributed by atoms with Gasteiger partial charge in [0.05, 0.1) is 61.3 Å². The molecule has 0 N–H and O–H groups in total. The normalized spacial score (nSPS) is 12.4. The summed E-state index contributed by atoms with van der Waals surface area (Å²) in [6.45, 7) is 0. The zero-order chi connectivity index (χ0) is 51.5. The Morgan fingerprint density at radius 1 is 0.465 bits per heavy atom. The quantitative estimate of drug-likeness (QED) is 0.153. The summed E-state index contributed by atoms with van der Waals surface area (Å²) in [6, 6.07) is 20.9. The molecule has 0 aliphatic heterocycles. The van der Waals surface area contributed by atoms with Crippen molar-refractivity contribution in [2.24, 2.45) is 0 Å². The first-order valence-corrected chi connectivity index (χ1v) is 20.1. The van der Waals surface area contributed by atoms with Crippen molar-refractivity contribution in [2.75, 3.05) is 0 Å². The molecular weight excluding hydrogens is 981 g/mol. The molecule has 0 radical (unpaired) electrons. The van der Waals surface area contributed by atoms with Gasteiger partial charge in [0.1, 0.15) is 29.8 Å². The fraction of sp³-hybridized carbons (Fsp3) is 0.0833. The second-order valence-electron chi connectivity index (χ2n) is 15.0. The monoisotopic (exact) mass is 994 g/mol. The van der Waals surface area contributed by atoms with Crippen molar-refractivity contribution in [1.29, 1.82) is 31.6 Å². The van der Waals surface area contributed by atoms with Crippen LogP contribution >= 0.6 is 11.3 Å². The molecule has 0 bridgehead atoms. The van der Waals surface area contributed by atoms with E-state index < -0.39 is 80.5 Å². The summed E-state index contributed by atoms with van der Waals surface area (Å²) in [4.78, 5) is 8.68. The molecular formula is C48H14F12N8O2S. The van der Waals surface area contributed by atoms with Crippen LogP contribution in [-0.4, -0.2) is 9.97 Å². The molecule has 0 atom stereocenters. The number of hydrogen-bond donors (Lipinski definition) is 0. The van der Waals surface area contributed by atoms with Crippen LogP contribution in [0, 0.1) is 78.1 Å². The Morgan fingerprint density at radius 2 is 0.901 bits per heavy atom. The lowest BCUT2D eigenvalue weighted by molar-refractivity contribution is -0.144. The van der Waals surface area contributed by atoms with Gasteiger partial charge in [0.15, 0.2) is 15.7 Å². The van der Waals surface area contributed by atoms with E-state index in [0.717, 1.165) is 41.7 Å². The van der Waals surface area contributed by atoms with Crippen molar-refractivity contribution in [1.82, 2.24) is 9.97 Å². The molecule has 10 nitrogen and oxygen atoms in total. The van der Waals surface area contributed by atoms with Gasteiger partial charge in [-0.15, -0.1) is 11.3 Å². The lowest BCUT2D eigenvalue weighted by atomic mass is 9.92. The van der Waals surface area contributed by atoms with Gasteiger partial charge in [0.2, 0.25) is 5.58 Å². The number of furan rings is 1. The van der Waals surface area contributed by atoms with Crippen LogP contribution in [0.1, 0.15) is 33.4 Å². The molecule has 0 unspecified atom stereocenters. The Kier molecular flexibility index (Phi) is 11.7. The average molecular weight is 995 g/mol. The minimum atomic E-state index is -5.25. The van der Waals surface area contributed by atoms with Crippen LogP contribution in [0.15, 0.2) is 93.8 Å². The highest BCUT2D eigenvalue weighted by Crippen LogP contribution is 2.43. The smallest absolute Gasteiger partial charge is 0.416 e. The van der Waals surface area contributed by atoms with E-state index in [4.69, 9.17) is 8.83 Å². The molecule has 8 rings (SSSR count). The third kappa shape index (κ3) is 9.17. The van der Waals surface area contributed by atoms with Gasteiger partial charge in [0.25, 0.3) is 11.3 Å². The number of aromatic nitrogens is 2. The maximum absolute atomic E-state index is 14.0. The van der Waals surface area contributed by atoms with Crippen molar-refractivity contribution >= 4 is 44.0 Å². The van der Waals surface area contributed by atoms with Crippen LogP contribution in [0.5, 0.6) is 0 Å². The van der Waals surface area contributed by atoms with Gasteiger partial charge >= 0.3 is 24.7 Å². The molecule has 348 valence electrons. The fourth-order valence-corrected chi connectivity index (χ4v) is 8.32. The van der Waals surface area contributed by atoms with E-state index in [1.807, 2.05) is 0 Å². The van der Waals surface area contributed by atoms with Crippen molar-refractivity contribution in [2.45, 2.75) is 24.7 Å². The van der Waals surface area contributed by atoms with Gasteiger partial charge in [-0.3, -0.25) is 0 Å². The molecule has 0 spiro atoms. The molecule has 8 aromatic rings. The van der Waals surface area contributed by atoms with E-state index in [1.54, 1.807) is 36.4 Å². The zero-order valence-electron chi connectivity index (χ0n) is 34.4. The standard InChI is InChI=1S/C48H14F12N8O2S/c49-45(50,51)31-7-25(8-32(11-31)46(52,53)54)23-1-21(15-61)3-27(5-23)35-13-37-38(14-36(35)29(17-63)18-64)71-44(67-37)41-39(40-43(70-41)68-42(69-40)30(19-65)20-66)28-4-22(16-62)2-24(6-28)26-9-33(47(55,56)57)12-34(10-26)48(58,59)60/h1-14H/b44-41+. The minimum absolute atomic E-state index is 0.00799. The van der Waals surface area contributed by atoms with E-state index >= 15 is 0 Å². The molecule has 0 aliphatic rings. The van der Waals surface area contributed by atoms with E-state index in [2.05, 4.69) is 9.97 Å². The lowest BCUT2D eigenvalue weighted by Gasteiger charge is -2.15. The van der Waals surface area contributed by atoms with Crippen molar-refractivity contribution in [3.8, 4) is 80.9 Å². The summed E-state index contributed by atoms with van der Waals surface area (Å²) in [5.74, 6) is 0. The second kappa shape index (κ2) is 17.3. The van der Waals surface area contributed by atoms with E-state index in [1.165, 1.54) is 18.2 Å². The van der Waals surface area contributed by atoms with Gasteiger partial charge < -0.3 is 8.83 Å². The van der Waals surface area contributed by atoms with Crippen molar-refractivity contribution < 1.29 is 61.5 Å². The maximum Gasteiger partial charge on any atom is 0.416 e. The van der Waals surface area contributed by atoms with Crippen molar-refractivity contribution in [3.63, 3.8) is 0 Å². The van der Waals surface area contributed by atoms with Crippen LogP contribution in [0.2, 0.25) is 0 Å². The Morgan fingerprint density at radius 3 is 1.35 bits per heavy atom. The van der Waals surface area contributed by atoms with Crippen molar-refractivity contribution in [3.05, 3.63) is 139 Å². The van der Waals surface area contributed by atoms with Gasteiger partial charge in [-0.25, -0.2) is 4.98 Å². The summed E-state index contributed by atoms with van der Waals surface area (Å²) in [5.41, 5.74) is -12.5. The van der Waals surface area contributed by atoms with Gasteiger partial charge in [-0.1, -0.05) is 0 Å². The Balaban J connectivity index is 1.44. The first-order chi connectivity index (χ1) is 33.4. The first kappa shape index (κ1) is 48.1. The molecule has 3 aromatic heterocycles. The van der Waals surface area contributed by atoms with Crippen LogP contribution in [-0.2, 0) is 24.7 Å². The third-order valence-electron chi connectivity index (χ3n) is 10.5. The largest absolute Gasteiger partial charge is 0.432 e. The highest BCUT2D eigenvalue weighted by molar-refractivity contribution is 7.16. The number of fused-ring (bicyclic) bond motifs is 2. The predicted molar refractivity (Wildman–Crippen MR) is 223 cm³/mol. The van der Waals surface area contributed by atoms with Crippen LogP contribution < -0.4 is 10.8 Å².